The molecule has 0 saturated carbocycles. The molecule has 2 aromatic heterocycles. The highest BCUT2D eigenvalue weighted by atomic mass is 35.5. The van der Waals surface area contributed by atoms with Crippen LogP contribution in [0.5, 0.6) is 5.75 Å². The number of hydrogen-bond acceptors (Lipinski definition) is 7. The van der Waals surface area contributed by atoms with Gasteiger partial charge < -0.3 is 25.0 Å². The normalized spacial score (nSPS) is 10.7. The second kappa shape index (κ2) is 8.73. The van der Waals surface area contributed by atoms with Crippen molar-refractivity contribution in [1.29, 1.82) is 0 Å². The van der Waals surface area contributed by atoms with Crippen LogP contribution in [0, 0.1) is 6.92 Å². The Bertz CT molecular complexity index is 990. The van der Waals surface area contributed by atoms with Crippen LogP contribution in [0.15, 0.2) is 41.1 Å². The molecule has 0 saturated heterocycles. The number of aryl methyl sites for hydroxylation is 1. The summed E-state index contributed by atoms with van der Waals surface area (Å²) in [6.45, 7) is 2.56. The molecular formula is C19H19ClN4O4. The topological polar surface area (TPSA) is 112 Å². The third kappa shape index (κ3) is 4.41. The summed E-state index contributed by atoms with van der Waals surface area (Å²) in [4.78, 5) is 16.5. The lowest BCUT2D eigenvalue weighted by atomic mass is 10.1. The highest BCUT2D eigenvalue weighted by molar-refractivity contribution is 6.33. The van der Waals surface area contributed by atoms with Gasteiger partial charge in [-0.25, -0.2) is 4.98 Å². The Morgan fingerprint density at radius 2 is 2.07 bits per heavy atom. The van der Waals surface area contributed by atoms with E-state index in [0.29, 0.717) is 52.2 Å². The second-order valence-corrected chi connectivity index (χ2v) is 6.29. The molecule has 0 aliphatic carbocycles. The molecule has 0 atom stereocenters. The summed E-state index contributed by atoms with van der Waals surface area (Å²) in [6.07, 6.45) is 1.28. The van der Waals surface area contributed by atoms with Crippen molar-refractivity contribution in [2.24, 2.45) is 0 Å². The lowest BCUT2D eigenvalue weighted by Crippen LogP contribution is -2.14. The first-order valence-electron chi connectivity index (χ1n) is 8.40. The van der Waals surface area contributed by atoms with Crippen LogP contribution in [0.1, 0.15) is 16.1 Å². The molecule has 0 bridgehead atoms. The standard InChI is InChI=1S/C19H19ClN4O4/c1-11-15(10-28-24-11)19(25)23-17-6-4-13(18(21)22-17)14-9-12(3-5-16(14)20)27-8-7-26-2/h3-6,9-10H,7-8H2,1-2H3,(H3,21,22,23,25). The van der Waals surface area contributed by atoms with Crippen molar-refractivity contribution in [2.45, 2.75) is 6.92 Å². The number of pyridine rings is 1. The van der Waals surface area contributed by atoms with E-state index in [9.17, 15) is 4.79 Å². The first kappa shape index (κ1) is 19.7. The van der Waals surface area contributed by atoms with E-state index >= 15 is 0 Å². The summed E-state index contributed by atoms with van der Waals surface area (Å²) in [5, 5.41) is 6.85. The molecule has 1 aromatic carbocycles. The fourth-order valence-electron chi connectivity index (χ4n) is 2.51. The third-order valence-electron chi connectivity index (χ3n) is 3.95. The minimum absolute atomic E-state index is 0.218. The summed E-state index contributed by atoms with van der Waals surface area (Å²) in [5.41, 5.74) is 8.22. The predicted molar refractivity (Wildman–Crippen MR) is 106 cm³/mol. The summed E-state index contributed by atoms with van der Waals surface area (Å²) in [6, 6.07) is 8.65. The number of benzene rings is 1. The van der Waals surface area contributed by atoms with Crippen molar-refractivity contribution in [3.63, 3.8) is 0 Å². The van der Waals surface area contributed by atoms with Crippen molar-refractivity contribution in [1.82, 2.24) is 10.1 Å². The molecule has 0 aliphatic heterocycles. The lowest BCUT2D eigenvalue weighted by molar-refractivity contribution is 0.102. The van der Waals surface area contributed by atoms with Crippen molar-refractivity contribution in [2.75, 3.05) is 31.4 Å². The van der Waals surface area contributed by atoms with Crippen LogP contribution in [-0.2, 0) is 4.74 Å². The quantitative estimate of drug-likeness (QED) is 0.581. The van der Waals surface area contributed by atoms with Gasteiger partial charge in [-0.1, -0.05) is 16.8 Å². The molecule has 0 spiro atoms. The van der Waals surface area contributed by atoms with Crippen LogP contribution < -0.4 is 15.8 Å². The number of anilines is 2. The number of methoxy groups -OCH3 is 1. The number of hydrogen-bond donors (Lipinski definition) is 2. The van der Waals surface area contributed by atoms with Gasteiger partial charge in [0.25, 0.3) is 5.91 Å². The zero-order valence-electron chi connectivity index (χ0n) is 15.4. The number of ether oxygens (including phenoxy) is 2. The Labute approximate surface area is 166 Å². The Kier molecular flexibility index (Phi) is 6.13. The lowest BCUT2D eigenvalue weighted by Gasteiger charge is -2.12. The largest absolute Gasteiger partial charge is 0.491 e. The maximum atomic E-state index is 12.2. The van der Waals surface area contributed by atoms with Gasteiger partial charge in [0, 0.05) is 23.3 Å². The van der Waals surface area contributed by atoms with Gasteiger partial charge in [-0.15, -0.1) is 0 Å². The van der Waals surface area contributed by atoms with Crippen molar-refractivity contribution < 1.29 is 18.8 Å². The van der Waals surface area contributed by atoms with E-state index in [-0.39, 0.29) is 11.7 Å². The number of nitrogens with two attached hydrogens (primary N) is 1. The van der Waals surface area contributed by atoms with Crippen molar-refractivity contribution in [3.8, 4) is 16.9 Å². The number of nitrogen functional groups attached to an aromatic ring is 1. The first-order valence-corrected chi connectivity index (χ1v) is 8.78. The van der Waals surface area contributed by atoms with Crippen molar-refractivity contribution in [3.05, 3.63) is 52.9 Å². The predicted octanol–water partition coefficient (Wildman–Crippen LogP) is 3.56. The molecule has 1 amide bonds. The van der Waals surface area contributed by atoms with E-state index in [4.69, 9.17) is 31.3 Å². The zero-order valence-corrected chi connectivity index (χ0v) is 16.1. The monoisotopic (exact) mass is 402 g/mol. The van der Waals surface area contributed by atoms with Gasteiger partial charge in [0.1, 0.15) is 35.8 Å². The Morgan fingerprint density at radius 1 is 1.25 bits per heavy atom. The molecule has 0 aliphatic rings. The van der Waals surface area contributed by atoms with E-state index in [1.165, 1.54) is 6.26 Å². The second-order valence-electron chi connectivity index (χ2n) is 5.88. The van der Waals surface area contributed by atoms with Crippen LogP contribution in [-0.4, -0.2) is 36.4 Å². The van der Waals surface area contributed by atoms with Gasteiger partial charge >= 0.3 is 0 Å². The molecule has 3 rings (SSSR count). The van der Waals surface area contributed by atoms with Gasteiger partial charge in [-0.05, 0) is 37.3 Å². The number of nitrogens with zero attached hydrogens (tertiary/aromatic N) is 2. The SMILES string of the molecule is COCCOc1ccc(Cl)c(-c2ccc(NC(=O)c3conc3C)nc2N)c1. The van der Waals surface area contributed by atoms with E-state index in [0.717, 1.165) is 0 Å². The maximum absolute atomic E-state index is 12.2. The van der Waals surface area contributed by atoms with Crippen molar-refractivity contribution >= 4 is 29.1 Å². The van der Waals surface area contributed by atoms with Crippen LogP contribution in [0.4, 0.5) is 11.6 Å². The Morgan fingerprint density at radius 3 is 2.75 bits per heavy atom. The minimum Gasteiger partial charge on any atom is -0.491 e. The summed E-state index contributed by atoms with van der Waals surface area (Å²) < 4.78 is 15.4. The van der Waals surface area contributed by atoms with Crippen LogP contribution >= 0.6 is 11.6 Å². The zero-order chi connectivity index (χ0) is 20.1. The number of aromatic nitrogens is 2. The molecule has 3 N–H and O–H groups in total. The number of carbonyl (C=O) groups is 1. The first-order chi connectivity index (χ1) is 13.5. The molecule has 0 radical (unpaired) electrons. The number of nitrogens with one attached hydrogen (secondary N) is 1. The highest BCUT2D eigenvalue weighted by Crippen LogP contribution is 2.34. The van der Waals surface area contributed by atoms with Gasteiger partial charge in [-0.3, -0.25) is 4.79 Å². The number of amides is 1. The number of carbonyl (C=O) groups excluding carboxylic acids is 1. The van der Waals surface area contributed by atoms with Gasteiger partial charge in [0.2, 0.25) is 0 Å². The fraction of sp³-hybridized carbons (Fsp3) is 0.211. The number of rotatable bonds is 7. The third-order valence-corrected chi connectivity index (χ3v) is 4.27. The fourth-order valence-corrected chi connectivity index (χ4v) is 2.73. The minimum atomic E-state index is -0.384. The highest BCUT2D eigenvalue weighted by Gasteiger charge is 2.15. The average molecular weight is 403 g/mol. The molecule has 0 unspecified atom stereocenters. The van der Waals surface area contributed by atoms with Crippen LogP contribution in [0.3, 0.4) is 0 Å². The van der Waals surface area contributed by atoms with Gasteiger partial charge in [0.15, 0.2) is 0 Å². The Balaban J connectivity index is 1.81. The van der Waals surface area contributed by atoms with Gasteiger partial charge in [-0.2, -0.15) is 0 Å². The molecule has 0 fully saturated rings. The smallest absolute Gasteiger partial charge is 0.262 e. The van der Waals surface area contributed by atoms with Gasteiger partial charge in [0.05, 0.1) is 12.3 Å². The van der Waals surface area contributed by atoms with E-state index in [2.05, 4.69) is 15.5 Å². The molecular weight excluding hydrogens is 384 g/mol. The molecule has 2 heterocycles. The van der Waals surface area contributed by atoms with Crippen LogP contribution in [0.25, 0.3) is 11.1 Å². The molecule has 28 heavy (non-hydrogen) atoms. The molecule has 8 nitrogen and oxygen atoms in total. The number of halogens is 1. The average Bonchev–Trinajstić information content (AvgIpc) is 3.10. The molecule has 3 aromatic rings. The van der Waals surface area contributed by atoms with E-state index in [1.807, 2.05) is 0 Å². The van der Waals surface area contributed by atoms with Crippen LogP contribution in [0.2, 0.25) is 5.02 Å². The van der Waals surface area contributed by atoms with E-state index in [1.54, 1.807) is 44.4 Å². The summed E-state index contributed by atoms with van der Waals surface area (Å²) in [7, 11) is 1.60. The molecule has 146 valence electrons. The van der Waals surface area contributed by atoms with E-state index < -0.39 is 0 Å². The Hall–Kier alpha value is -3.10. The maximum Gasteiger partial charge on any atom is 0.262 e. The molecule has 9 heteroatoms. The summed E-state index contributed by atoms with van der Waals surface area (Å²) in [5.74, 6) is 0.771. The summed E-state index contributed by atoms with van der Waals surface area (Å²) >= 11 is 6.32.